The maximum Gasteiger partial charge on any atom is 0.356 e. The number of carboxylic acid groups (broad SMARTS) is 1. The summed E-state index contributed by atoms with van der Waals surface area (Å²) in [5, 5.41) is 11.1. The molecule has 0 spiro atoms. The molecule has 1 N–H and O–H groups in total. The van der Waals surface area contributed by atoms with Crippen LogP contribution in [-0.4, -0.2) is 28.2 Å². The van der Waals surface area contributed by atoms with Crippen molar-refractivity contribution in [3.63, 3.8) is 0 Å². The average Bonchev–Trinajstić information content (AvgIpc) is 2.85. The number of carbonyl (C=O) groups is 1. The standard InChI is InChI=1S/C8H6N2O3S2/c1-13-8-10-4(2-14-8)6-5(7(11)12)9-3-15-6/h2-3H,1H3,(H,11,12). The van der Waals surface area contributed by atoms with Crippen molar-refractivity contribution in [3.05, 3.63) is 16.6 Å². The van der Waals surface area contributed by atoms with Crippen molar-refractivity contribution in [2.75, 3.05) is 7.11 Å². The van der Waals surface area contributed by atoms with E-state index in [0.29, 0.717) is 15.8 Å². The van der Waals surface area contributed by atoms with Gasteiger partial charge < -0.3 is 9.84 Å². The van der Waals surface area contributed by atoms with Crippen molar-refractivity contribution in [2.45, 2.75) is 0 Å². The molecule has 0 saturated heterocycles. The number of hydrogen-bond donors (Lipinski definition) is 1. The van der Waals surface area contributed by atoms with E-state index in [0.717, 1.165) is 0 Å². The molecule has 0 unspecified atom stereocenters. The highest BCUT2D eigenvalue weighted by Crippen LogP contribution is 2.31. The number of aromatic nitrogens is 2. The third-order valence-electron chi connectivity index (χ3n) is 1.66. The molecule has 0 aliphatic rings. The van der Waals surface area contributed by atoms with Crippen molar-refractivity contribution in [3.8, 4) is 15.8 Å². The van der Waals surface area contributed by atoms with E-state index < -0.39 is 5.97 Å². The lowest BCUT2D eigenvalue weighted by molar-refractivity contribution is 0.0692. The molecule has 0 atom stereocenters. The molecule has 0 aliphatic heterocycles. The van der Waals surface area contributed by atoms with Crippen LogP contribution >= 0.6 is 22.7 Å². The lowest BCUT2D eigenvalue weighted by atomic mass is 10.3. The Morgan fingerprint density at radius 1 is 1.53 bits per heavy atom. The fourth-order valence-electron chi connectivity index (χ4n) is 1.04. The molecule has 2 rings (SSSR count). The van der Waals surface area contributed by atoms with E-state index >= 15 is 0 Å². The Kier molecular flexibility index (Phi) is 2.65. The van der Waals surface area contributed by atoms with Crippen LogP contribution < -0.4 is 4.74 Å². The van der Waals surface area contributed by atoms with Crippen molar-refractivity contribution < 1.29 is 14.6 Å². The Hall–Kier alpha value is -1.47. The zero-order chi connectivity index (χ0) is 10.8. The van der Waals surface area contributed by atoms with Crippen LogP contribution in [0.2, 0.25) is 0 Å². The molecule has 2 aromatic heterocycles. The van der Waals surface area contributed by atoms with Gasteiger partial charge in [-0.05, 0) is 0 Å². The summed E-state index contributed by atoms with van der Waals surface area (Å²) in [7, 11) is 1.52. The van der Waals surface area contributed by atoms with E-state index in [2.05, 4.69) is 9.97 Å². The summed E-state index contributed by atoms with van der Waals surface area (Å²) in [4.78, 5) is 19.3. The molecule has 0 aliphatic carbocycles. The molecular formula is C8H6N2O3S2. The van der Waals surface area contributed by atoms with Gasteiger partial charge in [0.1, 0.15) is 0 Å². The highest BCUT2D eigenvalue weighted by Gasteiger charge is 2.17. The number of nitrogens with zero attached hydrogens (tertiary/aromatic N) is 2. The maximum absolute atomic E-state index is 10.8. The molecule has 0 fully saturated rings. The van der Waals surface area contributed by atoms with Gasteiger partial charge in [0.15, 0.2) is 5.69 Å². The van der Waals surface area contributed by atoms with Gasteiger partial charge in [0, 0.05) is 5.38 Å². The van der Waals surface area contributed by atoms with Gasteiger partial charge in [0.2, 0.25) is 0 Å². The Morgan fingerprint density at radius 2 is 2.33 bits per heavy atom. The molecular weight excluding hydrogens is 236 g/mol. The Morgan fingerprint density at radius 3 is 2.93 bits per heavy atom. The third kappa shape index (κ3) is 1.83. The molecule has 2 heterocycles. The molecule has 7 heteroatoms. The summed E-state index contributed by atoms with van der Waals surface area (Å²) in [6.07, 6.45) is 0. The molecule has 78 valence electrons. The summed E-state index contributed by atoms with van der Waals surface area (Å²) in [6, 6.07) is 0. The van der Waals surface area contributed by atoms with Gasteiger partial charge in [-0.2, -0.15) is 0 Å². The van der Waals surface area contributed by atoms with Gasteiger partial charge in [-0.25, -0.2) is 14.8 Å². The fourth-order valence-corrected chi connectivity index (χ4v) is 2.48. The Balaban J connectivity index is 2.44. The predicted molar refractivity (Wildman–Crippen MR) is 56.7 cm³/mol. The number of methoxy groups -OCH3 is 1. The quantitative estimate of drug-likeness (QED) is 0.890. The second-order valence-electron chi connectivity index (χ2n) is 2.54. The van der Waals surface area contributed by atoms with Crippen LogP contribution in [0.1, 0.15) is 10.5 Å². The van der Waals surface area contributed by atoms with Crippen LogP contribution in [0.4, 0.5) is 0 Å². The molecule has 2 aromatic rings. The predicted octanol–water partition coefficient (Wildman–Crippen LogP) is 1.97. The summed E-state index contributed by atoms with van der Waals surface area (Å²) >= 11 is 2.57. The van der Waals surface area contributed by atoms with E-state index in [1.807, 2.05) is 0 Å². The summed E-state index contributed by atoms with van der Waals surface area (Å²) < 4.78 is 4.94. The van der Waals surface area contributed by atoms with Gasteiger partial charge in [-0.15, -0.1) is 11.3 Å². The minimum absolute atomic E-state index is 0.0351. The first-order valence-electron chi connectivity index (χ1n) is 3.89. The van der Waals surface area contributed by atoms with Crippen molar-refractivity contribution in [2.24, 2.45) is 0 Å². The van der Waals surface area contributed by atoms with E-state index in [9.17, 15) is 4.79 Å². The third-order valence-corrected chi connectivity index (χ3v) is 3.31. The van der Waals surface area contributed by atoms with Gasteiger partial charge in [0.05, 0.1) is 23.2 Å². The second kappa shape index (κ2) is 3.95. The SMILES string of the molecule is COc1nc(-c2scnc2C(=O)O)cs1. The minimum atomic E-state index is -1.04. The number of ether oxygens (including phenoxy) is 1. The first kappa shape index (κ1) is 10.1. The molecule has 0 amide bonds. The lowest BCUT2D eigenvalue weighted by Crippen LogP contribution is -1.98. The van der Waals surface area contributed by atoms with Crippen molar-refractivity contribution in [1.29, 1.82) is 0 Å². The van der Waals surface area contributed by atoms with Crippen LogP contribution in [0.5, 0.6) is 5.19 Å². The fraction of sp³-hybridized carbons (Fsp3) is 0.125. The average molecular weight is 242 g/mol. The van der Waals surface area contributed by atoms with Gasteiger partial charge >= 0.3 is 5.97 Å². The van der Waals surface area contributed by atoms with Gasteiger partial charge in [-0.1, -0.05) is 11.3 Å². The van der Waals surface area contributed by atoms with E-state index in [1.54, 1.807) is 5.38 Å². The molecule has 0 bridgehead atoms. The summed E-state index contributed by atoms with van der Waals surface area (Å²) in [6.45, 7) is 0. The van der Waals surface area contributed by atoms with E-state index in [-0.39, 0.29) is 5.69 Å². The topological polar surface area (TPSA) is 72.3 Å². The highest BCUT2D eigenvalue weighted by molar-refractivity contribution is 7.15. The zero-order valence-electron chi connectivity index (χ0n) is 7.63. The number of thiazole rings is 2. The Labute approximate surface area is 93.0 Å². The second-order valence-corrected chi connectivity index (χ2v) is 4.21. The maximum atomic E-state index is 10.8. The normalized spacial score (nSPS) is 10.2. The van der Waals surface area contributed by atoms with Crippen LogP contribution in [0.15, 0.2) is 10.9 Å². The Bertz CT molecular complexity index is 492. The number of hydrogen-bond acceptors (Lipinski definition) is 6. The smallest absolute Gasteiger partial charge is 0.356 e. The van der Waals surface area contributed by atoms with Gasteiger partial charge in [0.25, 0.3) is 5.19 Å². The van der Waals surface area contributed by atoms with Gasteiger partial charge in [-0.3, -0.25) is 0 Å². The first-order chi connectivity index (χ1) is 7.22. The molecule has 0 saturated carbocycles. The van der Waals surface area contributed by atoms with Crippen molar-refractivity contribution >= 4 is 28.6 Å². The highest BCUT2D eigenvalue weighted by atomic mass is 32.1. The largest absolute Gasteiger partial charge is 0.476 e. The summed E-state index contributed by atoms with van der Waals surface area (Å²) in [5.74, 6) is -1.04. The first-order valence-corrected chi connectivity index (χ1v) is 5.65. The molecule has 0 aromatic carbocycles. The van der Waals surface area contributed by atoms with Crippen LogP contribution in [0.3, 0.4) is 0 Å². The molecule has 15 heavy (non-hydrogen) atoms. The monoisotopic (exact) mass is 242 g/mol. The summed E-state index contributed by atoms with van der Waals surface area (Å²) in [5.41, 5.74) is 2.12. The van der Waals surface area contributed by atoms with E-state index in [4.69, 9.17) is 9.84 Å². The van der Waals surface area contributed by atoms with Crippen molar-refractivity contribution in [1.82, 2.24) is 9.97 Å². The van der Waals surface area contributed by atoms with Crippen LogP contribution in [0.25, 0.3) is 10.6 Å². The number of aromatic carboxylic acids is 1. The minimum Gasteiger partial charge on any atom is -0.476 e. The molecule has 0 radical (unpaired) electrons. The van der Waals surface area contributed by atoms with E-state index in [1.165, 1.54) is 35.3 Å². The number of carboxylic acids is 1. The lowest BCUT2D eigenvalue weighted by Gasteiger charge is -1.92. The van der Waals surface area contributed by atoms with Crippen LogP contribution in [0, 0.1) is 0 Å². The van der Waals surface area contributed by atoms with Crippen LogP contribution in [-0.2, 0) is 0 Å². The zero-order valence-corrected chi connectivity index (χ0v) is 9.26. The number of rotatable bonds is 3. The molecule has 5 nitrogen and oxygen atoms in total.